The van der Waals surface area contributed by atoms with Gasteiger partial charge in [0.1, 0.15) is 6.04 Å². The van der Waals surface area contributed by atoms with Crippen molar-refractivity contribution in [2.24, 2.45) is 11.8 Å². The first-order valence-electron chi connectivity index (χ1n) is 6.26. The minimum Gasteiger partial charge on any atom is -0.357 e. The van der Waals surface area contributed by atoms with Crippen LogP contribution in [0.4, 0.5) is 0 Å². The van der Waals surface area contributed by atoms with E-state index in [2.05, 4.69) is 10.6 Å². The maximum Gasteiger partial charge on any atom is 0.244 e. The molecule has 0 saturated heterocycles. The Hall–Kier alpha value is -1.63. The minimum atomic E-state index is -0.663. The molecule has 7 heteroatoms. The highest BCUT2D eigenvalue weighted by Gasteiger charge is 2.25. The quantitative estimate of drug-likeness (QED) is 0.380. The van der Waals surface area contributed by atoms with Crippen molar-refractivity contribution in [2.45, 2.75) is 39.7 Å². The van der Waals surface area contributed by atoms with E-state index in [1.165, 1.54) is 12.5 Å². The van der Waals surface area contributed by atoms with Crippen molar-refractivity contribution in [1.29, 1.82) is 0 Å². The summed E-state index contributed by atoms with van der Waals surface area (Å²) in [5, 5.41) is 13.5. The van der Waals surface area contributed by atoms with E-state index in [1.54, 1.807) is 6.92 Å². The van der Waals surface area contributed by atoms with Gasteiger partial charge in [-0.25, -0.2) is 5.48 Å². The van der Waals surface area contributed by atoms with E-state index in [9.17, 15) is 14.4 Å². The fourth-order valence-corrected chi connectivity index (χ4v) is 1.73. The van der Waals surface area contributed by atoms with Crippen molar-refractivity contribution in [2.75, 3.05) is 7.05 Å². The lowest BCUT2D eigenvalue weighted by atomic mass is 9.93. The van der Waals surface area contributed by atoms with E-state index in [1.807, 2.05) is 13.8 Å². The summed E-state index contributed by atoms with van der Waals surface area (Å²) < 4.78 is 0. The molecule has 0 radical (unpaired) electrons. The Morgan fingerprint density at radius 3 is 2.11 bits per heavy atom. The third-order valence-corrected chi connectivity index (χ3v) is 2.68. The molecule has 2 atom stereocenters. The molecule has 0 aromatic carbocycles. The zero-order valence-corrected chi connectivity index (χ0v) is 11.8. The van der Waals surface area contributed by atoms with Crippen molar-refractivity contribution < 1.29 is 19.6 Å². The van der Waals surface area contributed by atoms with Gasteiger partial charge in [0, 0.05) is 19.4 Å². The lowest BCUT2D eigenvalue weighted by Crippen LogP contribution is -2.46. The molecule has 0 aliphatic carbocycles. The molecule has 0 aliphatic rings. The van der Waals surface area contributed by atoms with Crippen molar-refractivity contribution >= 4 is 17.7 Å². The SMILES string of the molecule is CNC(=O)[C@@H](C)NC(=O)[C@@H](CC(=O)NO)CC(C)C. The molecule has 110 valence electrons. The fraction of sp³-hybridized carbons (Fsp3) is 0.750. The summed E-state index contributed by atoms with van der Waals surface area (Å²) in [5.41, 5.74) is 1.51. The number of hydrogen-bond acceptors (Lipinski definition) is 4. The third kappa shape index (κ3) is 6.76. The van der Waals surface area contributed by atoms with E-state index >= 15 is 0 Å². The number of hydroxylamine groups is 1. The van der Waals surface area contributed by atoms with E-state index < -0.39 is 17.9 Å². The summed E-state index contributed by atoms with van der Waals surface area (Å²) >= 11 is 0. The van der Waals surface area contributed by atoms with Crippen LogP contribution < -0.4 is 16.1 Å². The fourth-order valence-electron chi connectivity index (χ4n) is 1.73. The highest BCUT2D eigenvalue weighted by molar-refractivity contribution is 5.90. The van der Waals surface area contributed by atoms with Crippen molar-refractivity contribution in [1.82, 2.24) is 16.1 Å². The summed E-state index contributed by atoms with van der Waals surface area (Å²) in [4.78, 5) is 34.5. The molecular formula is C12H23N3O4. The van der Waals surface area contributed by atoms with E-state index in [0.29, 0.717) is 6.42 Å². The molecule has 0 bridgehead atoms. The average Bonchev–Trinajstić information content (AvgIpc) is 2.35. The minimum absolute atomic E-state index is 0.110. The number of likely N-dealkylation sites (N-methyl/N-ethyl adjacent to an activating group) is 1. The van der Waals surface area contributed by atoms with Crippen molar-refractivity contribution in [3.8, 4) is 0 Å². The van der Waals surface area contributed by atoms with Gasteiger partial charge in [-0.05, 0) is 19.3 Å². The summed E-state index contributed by atoms with van der Waals surface area (Å²) in [6, 6.07) is -0.663. The van der Waals surface area contributed by atoms with Gasteiger partial charge in [0.15, 0.2) is 0 Å². The van der Waals surface area contributed by atoms with Crippen LogP contribution in [-0.2, 0) is 14.4 Å². The number of carbonyl (C=O) groups excluding carboxylic acids is 3. The molecule has 0 aromatic rings. The molecule has 4 N–H and O–H groups in total. The number of rotatable bonds is 7. The predicted molar refractivity (Wildman–Crippen MR) is 69.2 cm³/mol. The first kappa shape index (κ1) is 17.4. The Bertz CT molecular complexity index is 331. The maximum absolute atomic E-state index is 12.0. The van der Waals surface area contributed by atoms with Crippen LogP contribution in [0.1, 0.15) is 33.6 Å². The predicted octanol–water partition coefficient (Wildman–Crippen LogP) is -0.205. The van der Waals surface area contributed by atoms with Gasteiger partial charge in [-0.1, -0.05) is 13.8 Å². The lowest BCUT2D eigenvalue weighted by molar-refractivity contribution is -0.136. The molecule has 0 heterocycles. The summed E-state index contributed by atoms with van der Waals surface area (Å²) in [5.74, 6) is -1.64. The first-order chi connectivity index (χ1) is 8.81. The van der Waals surface area contributed by atoms with Gasteiger partial charge in [0.25, 0.3) is 0 Å². The molecule has 0 spiro atoms. The third-order valence-electron chi connectivity index (χ3n) is 2.68. The molecule has 0 rings (SSSR count). The standard InChI is InChI=1S/C12H23N3O4/c1-7(2)5-9(6-10(16)15-19)12(18)14-8(3)11(17)13-4/h7-9,19H,5-6H2,1-4H3,(H,13,17)(H,14,18)(H,15,16)/t8-,9-/m1/s1. The summed E-state index contributed by atoms with van der Waals surface area (Å²) in [6.45, 7) is 5.42. The molecular weight excluding hydrogens is 250 g/mol. The Morgan fingerprint density at radius 2 is 1.68 bits per heavy atom. The molecule has 0 aromatic heterocycles. The van der Waals surface area contributed by atoms with Gasteiger partial charge in [0.05, 0.1) is 0 Å². The topological polar surface area (TPSA) is 108 Å². The average molecular weight is 273 g/mol. The molecule has 19 heavy (non-hydrogen) atoms. The molecule has 7 nitrogen and oxygen atoms in total. The van der Waals surface area contributed by atoms with E-state index in [-0.39, 0.29) is 24.2 Å². The van der Waals surface area contributed by atoms with Gasteiger partial charge in [-0.15, -0.1) is 0 Å². The highest BCUT2D eigenvalue weighted by Crippen LogP contribution is 2.16. The highest BCUT2D eigenvalue weighted by atomic mass is 16.5. The maximum atomic E-state index is 12.0. The van der Waals surface area contributed by atoms with E-state index in [0.717, 1.165) is 0 Å². The second-order valence-corrected chi connectivity index (χ2v) is 4.91. The summed E-state index contributed by atoms with van der Waals surface area (Å²) in [7, 11) is 1.48. The first-order valence-corrected chi connectivity index (χ1v) is 6.26. The van der Waals surface area contributed by atoms with Crippen LogP contribution in [0.3, 0.4) is 0 Å². The second-order valence-electron chi connectivity index (χ2n) is 4.91. The number of nitrogens with one attached hydrogen (secondary N) is 3. The van der Waals surface area contributed by atoms with Crippen molar-refractivity contribution in [3.63, 3.8) is 0 Å². The van der Waals surface area contributed by atoms with Crippen LogP contribution in [0.15, 0.2) is 0 Å². The van der Waals surface area contributed by atoms with E-state index in [4.69, 9.17) is 5.21 Å². The normalized spacial score (nSPS) is 13.6. The monoisotopic (exact) mass is 273 g/mol. The van der Waals surface area contributed by atoms with Gasteiger partial charge in [-0.2, -0.15) is 0 Å². The zero-order valence-electron chi connectivity index (χ0n) is 11.8. The van der Waals surface area contributed by atoms with Crippen LogP contribution in [0.5, 0.6) is 0 Å². The second kappa shape index (κ2) is 8.47. The Balaban J connectivity index is 4.61. The van der Waals surface area contributed by atoms with Crippen LogP contribution >= 0.6 is 0 Å². The Kier molecular flexibility index (Phi) is 7.74. The smallest absolute Gasteiger partial charge is 0.244 e. The van der Waals surface area contributed by atoms with Crippen LogP contribution in [0.25, 0.3) is 0 Å². The van der Waals surface area contributed by atoms with Crippen LogP contribution in [0.2, 0.25) is 0 Å². The number of amides is 3. The Labute approximate surface area is 113 Å². The van der Waals surface area contributed by atoms with Crippen LogP contribution in [-0.4, -0.2) is 36.0 Å². The summed E-state index contributed by atoms with van der Waals surface area (Å²) in [6.07, 6.45) is 0.390. The molecule has 0 aliphatic heterocycles. The largest absolute Gasteiger partial charge is 0.357 e. The van der Waals surface area contributed by atoms with Crippen LogP contribution in [0, 0.1) is 11.8 Å². The lowest BCUT2D eigenvalue weighted by Gasteiger charge is -2.20. The molecule has 0 unspecified atom stereocenters. The van der Waals surface area contributed by atoms with Gasteiger partial charge >= 0.3 is 0 Å². The molecule has 0 fully saturated rings. The van der Waals surface area contributed by atoms with Gasteiger partial charge in [-0.3, -0.25) is 19.6 Å². The van der Waals surface area contributed by atoms with Gasteiger partial charge < -0.3 is 10.6 Å². The molecule has 3 amide bonds. The van der Waals surface area contributed by atoms with Gasteiger partial charge in [0.2, 0.25) is 17.7 Å². The zero-order chi connectivity index (χ0) is 15.0. The Morgan fingerprint density at radius 1 is 1.11 bits per heavy atom. The number of hydrogen-bond donors (Lipinski definition) is 4. The van der Waals surface area contributed by atoms with Crippen molar-refractivity contribution in [3.05, 3.63) is 0 Å². The molecule has 0 saturated carbocycles. The number of carbonyl (C=O) groups is 3.